The van der Waals surface area contributed by atoms with Gasteiger partial charge in [-0.2, -0.15) is 0 Å². The fourth-order valence-corrected chi connectivity index (χ4v) is 18.8. The number of nitrogens with one attached hydrogen (secondary N) is 4. The number of hydrogen-bond donors (Lipinski definition) is 4. The normalized spacial score (nSPS) is 12.4. The number of carbonyl (C=O) groups excluding carboxylic acids is 4. The van der Waals surface area contributed by atoms with Crippen molar-refractivity contribution >= 4 is 110 Å². The number of amides is 4. The summed E-state index contributed by atoms with van der Waals surface area (Å²) in [5.74, 6) is -3.28. The van der Waals surface area contributed by atoms with Gasteiger partial charge in [0.2, 0.25) is 23.6 Å². The molecule has 0 spiro atoms. The van der Waals surface area contributed by atoms with Crippen LogP contribution in [0.5, 0.6) is 0 Å². The van der Waals surface area contributed by atoms with Gasteiger partial charge in [0.15, 0.2) is 0 Å². The molecule has 4 N–H and O–H groups in total. The first kappa shape index (κ1) is 66.6. The standard InChI is InChI=1S/C64H66N8O12S4.Mn/c1-29-25-33(5)61(85(77,78)69-41(13)73)37(9)53(29)57-45-17-19-47(65-45)58(54-30(2)26-34(6)62(38(54)10)86(79,80)70-42(14)74)49-21-23-51(67-49)60(56-32(4)28-36(8)64(40(56)12)88(83,84)72-44(16)76)52-24-22-50(68-52)59(48-20-18-46(57)66-48)55-31(3)27-35(7)63(39(55)11)87(81,82)71-43(15)75;/h17-28H,1-16H3,(H6,65,66,67,68,69,70,71,72,73,74,75,76);/q;+2/p-2. The Kier molecular flexibility index (Phi) is 17.9. The van der Waals surface area contributed by atoms with E-state index in [1.807, 2.05) is 0 Å². The minimum absolute atomic E-state index is 0. The fourth-order valence-electron chi connectivity index (χ4n) is 12.9. The Hall–Kier alpha value is -8.32. The Morgan fingerprint density at radius 3 is 0.753 bits per heavy atom. The van der Waals surface area contributed by atoms with E-state index in [4.69, 9.17) is 19.9 Å². The van der Waals surface area contributed by atoms with Gasteiger partial charge in [0.25, 0.3) is 40.1 Å². The van der Waals surface area contributed by atoms with Crippen molar-refractivity contribution in [2.75, 3.05) is 0 Å². The molecule has 0 saturated heterocycles. The number of benzene rings is 4. The quantitative estimate of drug-likeness (QED) is 0.0827. The van der Waals surface area contributed by atoms with E-state index >= 15 is 0 Å². The number of nitrogens with zero attached hydrogens (tertiary/aromatic N) is 4. The molecular weight excluding hydrogens is 1260 g/mol. The van der Waals surface area contributed by atoms with Crippen molar-refractivity contribution in [1.82, 2.24) is 38.8 Å². The number of rotatable bonds is 12. The third-order valence-electron chi connectivity index (χ3n) is 15.4. The zero-order chi connectivity index (χ0) is 64.9. The predicted octanol–water partition coefficient (Wildman–Crippen LogP) is 9.58. The van der Waals surface area contributed by atoms with Crippen LogP contribution in [-0.4, -0.2) is 67.3 Å². The van der Waals surface area contributed by atoms with Gasteiger partial charge in [0, 0.05) is 33.3 Å². The molecule has 25 heteroatoms. The number of hydrogen-bond acceptors (Lipinski definition) is 14. The van der Waals surface area contributed by atoms with E-state index in [1.54, 1.807) is 156 Å². The van der Waals surface area contributed by atoms with Crippen LogP contribution >= 0.6 is 0 Å². The van der Waals surface area contributed by atoms with Crippen LogP contribution in [0.4, 0.5) is 0 Å². The van der Waals surface area contributed by atoms with Gasteiger partial charge in [-0.25, -0.2) is 62.5 Å². The second-order valence-electron chi connectivity index (χ2n) is 22.4. The van der Waals surface area contributed by atoms with E-state index < -0.39 is 63.7 Å². The van der Waals surface area contributed by atoms with Gasteiger partial charge in [-0.05, 0) is 213 Å². The summed E-state index contributed by atoms with van der Waals surface area (Å²) in [6.07, 6.45) is 6.80. The monoisotopic (exact) mass is 1320 g/mol. The SMILES string of the molecule is CC(=O)NS(=O)(=O)c1c(C)cc(C)c(-c2c3nc(c(-c4c(C)cc(C)c(S(=O)(=O)NC(C)=O)c4C)c4ccc([n-]4)c(-c4c(C)cc(C)c(S(=O)(=O)NC(C)=O)c4C)c4ccc([n-]4)c(-c4c(C)cc(C)c(S(=O)(=O)NC(C)=O)c4C)c4nc2C=C4)C=C3)c1C.[Mn+2]. The van der Waals surface area contributed by atoms with Crippen molar-refractivity contribution in [3.8, 4) is 44.5 Å². The minimum atomic E-state index is -4.50. The van der Waals surface area contributed by atoms with Crippen LogP contribution < -0.4 is 28.9 Å². The molecule has 9 rings (SSSR count). The zero-order valence-corrected chi connectivity index (χ0v) is 56.1. The van der Waals surface area contributed by atoms with Crippen LogP contribution in [0, 0.1) is 83.1 Å². The molecule has 7 aromatic rings. The number of aromatic nitrogens is 4. The number of aryl methyl sites for hydroxylation is 8. The van der Waals surface area contributed by atoms with Crippen molar-refractivity contribution in [3.63, 3.8) is 0 Å². The smallest absolute Gasteiger partial charge is 0.657 e. The van der Waals surface area contributed by atoms with Gasteiger partial charge in [0.05, 0.1) is 42.4 Å². The maximum Gasteiger partial charge on any atom is 2.00 e. The Morgan fingerprint density at radius 1 is 0.315 bits per heavy atom. The second-order valence-corrected chi connectivity index (χ2v) is 28.8. The molecule has 89 heavy (non-hydrogen) atoms. The summed E-state index contributed by atoms with van der Waals surface area (Å²) in [5, 5.41) is 0. The van der Waals surface area contributed by atoms with Gasteiger partial charge in [0.1, 0.15) is 0 Å². The molecule has 0 fully saturated rings. The molecule has 463 valence electrons. The first-order valence-electron chi connectivity index (χ1n) is 27.5. The molecule has 2 aliphatic rings. The third-order valence-corrected chi connectivity index (χ3v) is 22.3. The van der Waals surface area contributed by atoms with Crippen LogP contribution in [0.25, 0.3) is 90.9 Å². The van der Waals surface area contributed by atoms with E-state index in [1.165, 1.54) is 0 Å². The number of carbonyl (C=O) groups is 4. The molecule has 8 bridgehead atoms. The summed E-state index contributed by atoms with van der Waals surface area (Å²) >= 11 is 0. The maximum atomic E-state index is 14.2. The predicted molar refractivity (Wildman–Crippen MR) is 339 cm³/mol. The largest absolute Gasteiger partial charge is 2.00 e. The van der Waals surface area contributed by atoms with Crippen molar-refractivity contribution in [2.24, 2.45) is 0 Å². The topological polar surface area (TPSA) is 307 Å². The van der Waals surface area contributed by atoms with Crippen LogP contribution in [-0.2, 0) is 76.3 Å². The first-order chi connectivity index (χ1) is 40.9. The molecule has 0 aliphatic carbocycles. The summed E-state index contributed by atoms with van der Waals surface area (Å²) in [6, 6.07) is 13.5. The Morgan fingerprint density at radius 2 is 0.517 bits per heavy atom. The Labute approximate surface area is 528 Å². The van der Waals surface area contributed by atoms with Crippen molar-refractivity contribution in [1.29, 1.82) is 0 Å². The summed E-state index contributed by atoms with van der Waals surface area (Å²) in [6.45, 7) is 24.4. The average Bonchev–Trinajstić information content (AvgIpc) is 1.76. The summed E-state index contributed by atoms with van der Waals surface area (Å²) < 4.78 is 122. The van der Waals surface area contributed by atoms with E-state index in [0.29, 0.717) is 89.0 Å². The minimum Gasteiger partial charge on any atom is -0.657 e. The van der Waals surface area contributed by atoms with Crippen LogP contribution in [0.1, 0.15) is 117 Å². The second kappa shape index (κ2) is 23.9. The molecule has 1 radical (unpaired) electrons. The van der Waals surface area contributed by atoms with Crippen molar-refractivity contribution in [3.05, 3.63) is 138 Å². The van der Waals surface area contributed by atoms with E-state index in [2.05, 4.69) is 18.9 Å². The van der Waals surface area contributed by atoms with Crippen molar-refractivity contribution in [2.45, 2.75) is 130 Å². The van der Waals surface area contributed by atoms with Gasteiger partial charge >= 0.3 is 17.1 Å². The molecule has 0 saturated carbocycles. The van der Waals surface area contributed by atoms with Crippen molar-refractivity contribution < 1.29 is 69.9 Å². The zero-order valence-electron chi connectivity index (χ0n) is 51.6. The number of sulfonamides is 4. The first-order valence-corrected chi connectivity index (χ1v) is 33.5. The van der Waals surface area contributed by atoms with Crippen LogP contribution in [0.3, 0.4) is 0 Å². The van der Waals surface area contributed by atoms with Crippen LogP contribution in [0.2, 0.25) is 0 Å². The van der Waals surface area contributed by atoms with E-state index in [0.717, 1.165) is 27.7 Å². The Bertz CT molecular complexity index is 4870. The molecule has 4 aromatic carbocycles. The Balaban J connectivity index is 0.0000102. The summed E-state index contributed by atoms with van der Waals surface area (Å²) in [5.41, 5.74) is 9.31. The fraction of sp³-hybridized carbons (Fsp3) is 0.250. The van der Waals surface area contributed by atoms with E-state index in [9.17, 15) is 52.8 Å². The molecule has 3 aromatic heterocycles. The van der Waals surface area contributed by atoms with Gasteiger partial charge < -0.3 is 9.97 Å². The summed E-state index contributed by atoms with van der Waals surface area (Å²) in [4.78, 5) is 70.7. The van der Waals surface area contributed by atoms with Gasteiger partial charge in [-0.15, -0.1) is 22.1 Å². The molecule has 0 atom stereocenters. The van der Waals surface area contributed by atoms with E-state index in [-0.39, 0.29) is 104 Å². The average molecular weight is 1320 g/mol. The third kappa shape index (κ3) is 12.1. The number of fused-ring (bicyclic) bond motifs is 8. The summed E-state index contributed by atoms with van der Waals surface area (Å²) in [7, 11) is -18.0. The molecule has 20 nitrogen and oxygen atoms in total. The molecule has 0 unspecified atom stereocenters. The molecule has 2 aliphatic heterocycles. The molecule has 5 heterocycles. The molecular formula is C64H64MnN8O12S4. The maximum absolute atomic E-state index is 14.2. The van der Waals surface area contributed by atoms with Gasteiger partial charge in [-0.1, -0.05) is 48.5 Å². The molecule has 4 amide bonds. The van der Waals surface area contributed by atoms with Gasteiger partial charge in [-0.3, -0.25) is 19.2 Å². The van der Waals surface area contributed by atoms with Crippen LogP contribution in [0.15, 0.2) is 68.1 Å².